The molecule has 0 nitrogen and oxygen atoms in total. The highest BCUT2D eigenvalue weighted by Gasteiger charge is 2.35. The normalized spacial score (nSPS) is 15.0. The first kappa shape index (κ1) is 15.1. The Labute approximate surface area is 90.6 Å². The Morgan fingerprint density at radius 2 is 1.80 bits per heavy atom. The third kappa shape index (κ3) is 12.0. The van der Waals surface area contributed by atoms with Gasteiger partial charge in [0, 0.05) is 15.6 Å². The molecule has 0 N–H and O–H groups in total. The van der Waals surface area contributed by atoms with Crippen molar-refractivity contribution in [2.75, 3.05) is 6.67 Å². The second kappa shape index (κ2) is 8.26. The SMILES string of the molecule is FCCCCC(F)C[SiH2]CC[Si](F)(F)F. The van der Waals surface area contributed by atoms with Crippen molar-refractivity contribution in [2.45, 2.75) is 43.6 Å². The Bertz CT molecular complexity index is 150. The zero-order chi connectivity index (χ0) is 11.7. The van der Waals surface area contributed by atoms with Crippen molar-refractivity contribution in [3.63, 3.8) is 0 Å². The van der Waals surface area contributed by atoms with Crippen molar-refractivity contribution in [3.8, 4) is 0 Å². The highest BCUT2D eigenvalue weighted by atomic mass is 28.5. The molecule has 92 valence electrons. The molecule has 0 aliphatic heterocycles. The third-order valence-corrected chi connectivity index (χ3v) is 5.64. The zero-order valence-electron chi connectivity index (χ0n) is 8.62. The Morgan fingerprint density at radius 3 is 2.33 bits per heavy atom. The first-order valence-corrected chi connectivity index (χ1v) is 9.06. The minimum absolute atomic E-state index is 0.180. The van der Waals surface area contributed by atoms with E-state index in [9.17, 15) is 21.1 Å². The molecule has 0 rings (SSSR count). The number of rotatable bonds is 9. The van der Waals surface area contributed by atoms with E-state index < -0.39 is 37.5 Å². The first-order chi connectivity index (χ1) is 6.95. The maximum atomic E-state index is 13.0. The van der Waals surface area contributed by atoms with Gasteiger partial charge in [-0.3, -0.25) is 4.39 Å². The van der Waals surface area contributed by atoms with Crippen LogP contribution in [0, 0.1) is 0 Å². The van der Waals surface area contributed by atoms with E-state index in [1.165, 1.54) is 0 Å². The van der Waals surface area contributed by atoms with E-state index in [0.717, 1.165) is 0 Å². The van der Waals surface area contributed by atoms with Gasteiger partial charge in [0.25, 0.3) is 0 Å². The summed E-state index contributed by atoms with van der Waals surface area (Å²) in [5.74, 6) is 0. The van der Waals surface area contributed by atoms with Crippen LogP contribution in [0.3, 0.4) is 0 Å². The summed E-state index contributed by atoms with van der Waals surface area (Å²) in [7, 11) is -6.30. The van der Waals surface area contributed by atoms with Crippen molar-refractivity contribution < 1.29 is 21.1 Å². The fourth-order valence-electron chi connectivity index (χ4n) is 1.30. The molecule has 0 heterocycles. The molecule has 0 aliphatic rings. The Morgan fingerprint density at radius 1 is 1.13 bits per heavy atom. The standard InChI is InChI=1S/C8H17F5Si2/c9-4-2-1-3-8(10)7-14-5-6-15(11,12)13/h8H,1-7,14H2. The van der Waals surface area contributed by atoms with E-state index in [0.29, 0.717) is 25.3 Å². The summed E-state index contributed by atoms with van der Waals surface area (Å²) in [6, 6.07) is -0.146. The van der Waals surface area contributed by atoms with Crippen LogP contribution in [0.1, 0.15) is 19.3 Å². The van der Waals surface area contributed by atoms with Gasteiger partial charge in [-0.25, -0.2) is 16.7 Å². The van der Waals surface area contributed by atoms with Crippen molar-refractivity contribution >= 4 is 18.6 Å². The van der Waals surface area contributed by atoms with Crippen LogP contribution in [0.15, 0.2) is 0 Å². The predicted octanol–water partition coefficient (Wildman–Crippen LogP) is 3.32. The molecule has 0 bridgehead atoms. The van der Waals surface area contributed by atoms with Gasteiger partial charge in [-0.1, -0.05) is 6.04 Å². The highest BCUT2D eigenvalue weighted by Crippen LogP contribution is 2.18. The van der Waals surface area contributed by atoms with Gasteiger partial charge in [0.05, 0.1) is 12.8 Å². The third-order valence-electron chi connectivity index (χ3n) is 2.13. The van der Waals surface area contributed by atoms with Crippen LogP contribution in [0.25, 0.3) is 0 Å². The lowest BCUT2D eigenvalue weighted by molar-refractivity contribution is 0.323. The average Bonchev–Trinajstić information content (AvgIpc) is 2.11. The molecule has 0 aliphatic carbocycles. The molecule has 15 heavy (non-hydrogen) atoms. The molecular formula is C8H17F5Si2. The van der Waals surface area contributed by atoms with Crippen LogP contribution >= 0.6 is 0 Å². The topological polar surface area (TPSA) is 0 Å². The number of unbranched alkanes of at least 4 members (excludes halogenated alkanes) is 1. The van der Waals surface area contributed by atoms with E-state index in [1.807, 2.05) is 0 Å². The van der Waals surface area contributed by atoms with Gasteiger partial charge in [-0.05, 0) is 25.3 Å². The first-order valence-electron chi connectivity index (χ1n) is 5.22. The van der Waals surface area contributed by atoms with Crippen LogP contribution in [0.4, 0.5) is 21.1 Å². The Kier molecular flexibility index (Phi) is 8.31. The minimum atomic E-state index is -5.40. The smallest absolute Gasteiger partial charge is 0.251 e. The molecule has 0 aromatic carbocycles. The lowest BCUT2D eigenvalue weighted by atomic mass is 10.2. The lowest BCUT2D eigenvalue weighted by Gasteiger charge is -2.06. The van der Waals surface area contributed by atoms with Crippen LogP contribution < -0.4 is 0 Å². The van der Waals surface area contributed by atoms with Gasteiger partial charge in [-0.15, -0.1) is 0 Å². The molecule has 1 atom stereocenters. The van der Waals surface area contributed by atoms with Gasteiger partial charge < -0.3 is 0 Å². The van der Waals surface area contributed by atoms with Crippen molar-refractivity contribution in [1.82, 2.24) is 0 Å². The van der Waals surface area contributed by atoms with Crippen LogP contribution in [-0.2, 0) is 0 Å². The summed E-state index contributed by atoms with van der Waals surface area (Å²) in [5, 5.41) is 0. The Hall–Kier alpha value is 0.0838. The quantitative estimate of drug-likeness (QED) is 0.259. The monoisotopic (exact) mass is 264 g/mol. The second-order valence-corrected chi connectivity index (χ2v) is 7.36. The molecule has 0 fully saturated rings. The average molecular weight is 264 g/mol. The summed E-state index contributed by atoms with van der Waals surface area (Å²) in [6.45, 7) is -0.441. The molecule has 1 unspecified atom stereocenters. The summed E-state index contributed by atoms with van der Waals surface area (Å²) in [6.07, 6.45) is 0.163. The zero-order valence-corrected chi connectivity index (χ0v) is 11.0. The van der Waals surface area contributed by atoms with E-state index in [-0.39, 0.29) is 6.04 Å². The van der Waals surface area contributed by atoms with Gasteiger partial charge in [0.2, 0.25) is 0 Å². The second-order valence-electron chi connectivity index (χ2n) is 3.64. The van der Waals surface area contributed by atoms with E-state index in [2.05, 4.69) is 0 Å². The van der Waals surface area contributed by atoms with Gasteiger partial charge >= 0.3 is 9.08 Å². The lowest BCUT2D eigenvalue weighted by Crippen LogP contribution is -2.15. The van der Waals surface area contributed by atoms with Crippen LogP contribution in [-0.4, -0.2) is 31.4 Å². The van der Waals surface area contributed by atoms with Crippen molar-refractivity contribution in [2.24, 2.45) is 0 Å². The fourth-order valence-corrected chi connectivity index (χ4v) is 4.92. The molecule has 7 heteroatoms. The molecule has 0 saturated heterocycles. The van der Waals surface area contributed by atoms with E-state index >= 15 is 0 Å². The Balaban J connectivity index is 3.27. The molecule has 0 radical (unpaired) electrons. The van der Waals surface area contributed by atoms with Crippen molar-refractivity contribution in [3.05, 3.63) is 0 Å². The molecule has 0 spiro atoms. The highest BCUT2D eigenvalue weighted by molar-refractivity contribution is 6.59. The molecule has 0 aromatic rings. The molecule has 0 aromatic heterocycles. The predicted molar refractivity (Wildman–Crippen MR) is 56.8 cm³/mol. The summed E-state index contributed by atoms with van der Waals surface area (Å²) in [4.78, 5) is 0. The molecular weight excluding hydrogens is 247 g/mol. The summed E-state index contributed by atoms with van der Waals surface area (Å²) < 4.78 is 60.2. The van der Waals surface area contributed by atoms with Crippen LogP contribution in [0.5, 0.6) is 0 Å². The number of alkyl halides is 2. The summed E-state index contributed by atoms with van der Waals surface area (Å²) >= 11 is 0. The van der Waals surface area contributed by atoms with Gasteiger partial charge in [0.15, 0.2) is 0 Å². The number of halogens is 5. The van der Waals surface area contributed by atoms with E-state index in [4.69, 9.17) is 0 Å². The minimum Gasteiger partial charge on any atom is -0.251 e. The van der Waals surface area contributed by atoms with Crippen molar-refractivity contribution in [1.29, 1.82) is 0 Å². The maximum absolute atomic E-state index is 13.0. The van der Waals surface area contributed by atoms with Crippen LogP contribution in [0.2, 0.25) is 18.1 Å². The number of hydrogen-bond donors (Lipinski definition) is 0. The molecule has 0 saturated carbocycles. The van der Waals surface area contributed by atoms with Gasteiger partial charge in [-0.2, -0.15) is 0 Å². The van der Waals surface area contributed by atoms with Gasteiger partial charge in [0.1, 0.15) is 0 Å². The largest absolute Gasteiger partial charge is 0.615 e. The number of hydrogen-bond acceptors (Lipinski definition) is 0. The van der Waals surface area contributed by atoms with E-state index in [1.54, 1.807) is 0 Å². The molecule has 0 amide bonds. The summed E-state index contributed by atoms with van der Waals surface area (Å²) in [5.41, 5.74) is 0. The fraction of sp³-hybridized carbons (Fsp3) is 1.00. The maximum Gasteiger partial charge on any atom is 0.615 e.